The number of carbonyl (C=O) groups excluding carboxylic acids is 1. The van der Waals surface area contributed by atoms with Crippen molar-refractivity contribution in [3.05, 3.63) is 53.9 Å². The van der Waals surface area contributed by atoms with Crippen LogP contribution < -0.4 is 29.8 Å². The van der Waals surface area contributed by atoms with Crippen molar-refractivity contribution in [1.29, 1.82) is 0 Å². The van der Waals surface area contributed by atoms with Crippen molar-refractivity contribution in [1.82, 2.24) is 4.58 Å². The molecular weight excluding hydrogens is 540 g/mol. The maximum Gasteiger partial charge on any atom is 0.203 e. The van der Waals surface area contributed by atoms with E-state index in [1.165, 1.54) is 0 Å². The van der Waals surface area contributed by atoms with Gasteiger partial charge in [0.25, 0.3) is 0 Å². The summed E-state index contributed by atoms with van der Waals surface area (Å²) in [5.74, 6) is 1.88. The van der Waals surface area contributed by atoms with Crippen LogP contribution in [0.4, 0.5) is 17.1 Å². The smallest absolute Gasteiger partial charge is 0.203 e. The molecule has 0 aromatic heterocycles. The molecule has 0 radical (unpaired) electrons. The molecule has 0 unspecified atom stereocenters. The first-order chi connectivity index (χ1) is 20.7. The largest absolute Gasteiger partial charge is 0.496 e. The molecule has 0 fully saturated rings. The number of Topliss-reactive ketones (excluding diaryl/α,β-unsaturated/α-hetero) is 1. The van der Waals surface area contributed by atoms with Crippen LogP contribution in [-0.2, 0) is 9.53 Å². The lowest BCUT2D eigenvalue weighted by Crippen LogP contribution is -2.25. The number of nitrogens with one attached hydrogen (secondary N) is 1. The van der Waals surface area contributed by atoms with E-state index in [0.29, 0.717) is 19.4 Å². The van der Waals surface area contributed by atoms with Crippen molar-refractivity contribution in [2.24, 2.45) is 0 Å². The van der Waals surface area contributed by atoms with E-state index < -0.39 is 0 Å². The molecule has 230 valence electrons. The number of hydrogen-bond donors (Lipinski definition) is 1. The molecule has 1 heterocycles. The molecule has 8 heteroatoms. The van der Waals surface area contributed by atoms with Crippen molar-refractivity contribution < 1.29 is 18.7 Å². The van der Waals surface area contributed by atoms with E-state index in [1.807, 2.05) is 35.2 Å². The third kappa shape index (κ3) is 7.13. The van der Waals surface area contributed by atoms with Crippen molar-refractivity contribution in [2.45, 2.75) is 32.6 Å². The summed E-state index contributed by atoms with van der Waals surface area (Å²) in [5, 5.41) is 5.52. The van der Waals surface area contributed by atoms with Crippen LogP contribution in [0.3, 0.4) is 0 Å². The average molecular weight is 588 g/mol. The van der Waals surface area contributed by atoms with Gasteiger partial charge in [-0.15, -0.1) is 0 Å². The molecule has 0 saturated carbocycles. The van der Waals surface area contributed by atoms with E-state index in [0.717, 1.165) is 87.5 Å². The van der Waals surface area contributed by atoms with Crippen LogP contribution in [0.5, 0.6) is 5.75 Å². The van der Waals surface area contributed by atoms with Gasteiger partial charge in [-0.3, -0.25) is 4.79 Å². The highest BCUT2D eigenvalue weighted by Gasteiger charge is 2.23. The quantitative estimate of drug-likeness (QED) is 0.111. The topological polar surface area (TPSA) is 70.2 Å². The van der Waals surface area contributed by atoms with Crippen molar-refractivity contribution in [3.8, 4) is 28.2 Å². The molecule has 2 aliphatic rings. The van der Waals surface area contributed by atoms with Crippen LogP contribution in [0, 0.1) is 0 Å². The van der Waals surface area contributed by atoms with Gasteiger partial charge in [0.15, 0.2) is 0 Å². The van der Waals surface area contributed by atoms with Gasteiger partial charge in [-0.05, 0) is 44.0 Å². The number of ether oxygens (including phenoxy) is 2. The predicted molar refractivity (Wildman–Crippen MR) is 179 cm³/mol. The van der Waals surface area contributed by atoms with E-state index in [2.05, 4.69) is 75.1 Å². The normalized spacial score (nSPS) is 11.2. The highest BCUT2D eigenvalue weighted by atomic mass is 16.5. The van der Waals surface area contributed by atoms with E-state index >= 15 is 0 Å². The Morgan fingerprint density at radius 1 is 0.977 bits per heavy atom. The zero-order chi connectivity index (χ0) is 31.1. The Hall–Kier alpha value is -4.04. The molecule has 0 saturated heterocycles. The number of ketones is 1. The summed E-state index contributed by atoms with van der Waals surface area (Å²) in [6.45, 7) is 4.36. The summed E-state index contributed by atoms with van der Waals surface area (Å²) < 4.78 is 19.8. The van der Waals surface area contributed by atoms with Crippen LogP contribution in [0.1, 0.15) is 32.6 Å². The fraction of sp³-hybridized carbons (Fsp3) is 0.429. The van der Waals surface area contributed by atoms with E-state index in [9.17, 15) is 4.79 Å². The number of benzene rings is 3. The SMILES string of the molecule is CCN(CCCC(=O)CCCOC)c1cc(OC)c(-c2c3ccc(=[N+](C)C)cc-3oc3cc(N(C)C)ccc23)cc1NC. The van der Waals surface area contributed by atoms with Gasteiger partial charge in [0, 0.05) is 107 Å². The number of anilines is 3. The molecule has 0 atom stereocenters. The minimum Gasteiger partial charge on any atom is -0.496 e. The van der Waals surface area contributed by atoms with Gasteiger partial charge in [-0.2, -0.15) is 0 Å². The van der Waals surface area contributed by atoms with Gasteiger partial charge >= 0.3 is 0 Å². The second-order valence-electron chi connectivity index (χ2n) is 11.3. The molecule has 8 nitrogen and oxygen atoms in total. The molecule has 2 aromatic carbocycles. The zero-order valence-electron chi connectivity index (χ0n) is 27.0. The molecule has 0 bridgehead atoms. The van der Waals surface area contributed by atoms with Gasteiger partial charge in [0.1, 0.15) is 37.0 Å². The van der Waals surface area contributed by atoms with Gasteiger partial charge < -0.3 is 29.0 Å². The molecule has 1 aliphatic heterocycles. The highest BCUT2D eigenvalue weighted by Crippen LogP contribution is 2.47. The molecular formula is C35H47N4O4+. The first-order valence-corrected chi connectivity index (χ1v) is 15.1. The monoisotopic (exact) mass is 587 g/mol. The number of carbonyl (C=O) groups is 1. The minimum absolute atomic E-state index is 0.290. The molecule has 1 aliphatic carbocycles. The van der Waals surface area contributed by atoms with Crippen molar-refractivity contribution in [3.63, 3.8) is 0 Å². The van der Waals surface area contributed by atoms with Crippen LogP contribution >= 0.6 is 0 Å². The summed E-state index contributed by atoms with van der Waals surface area (Å²) in [6, 6.07) is 17.0. The Kier molecular flexibility index (Phi) is 10.7. The maximum atomic E-state index is 12.4. The van der Waals surface area contributed by atoms with Crippen molar-refractivity contribution >= 4 is 33.8 Å². The Labute approximate surface area is 255 Å². The van der Waals surface area contributed by atoms with E-state index in [4.69, 9.17) is 13.9 Å². The summed E-state index contributed by atoms with van der Waals surface area (Å²) >= 11 is 0. The van der Waals surface area contributed by atoms with Crippen LogP contribution in [-0.4, -0.2) is 74.9 Å². The average Bonchev–Trinajstić information content (AvgIpc) is 3.00. The zero-order valence-corrected chi connectivity index (χ0v) is 27.0. The lowest BCUT2D eigenvalue weighted by molar-refractivity contribution is -0.119. The maximum absolute atomic E-state index is 12.4. The van der Waals surface area contributed by atoms with Gasteiger partial charge in [0.2, 0.25) is 5.36 Å². The number of fused-ring (bicyclic) bond motifs is 2. The molecule has 0 spiro atoms. The Morgan fingerprint density at radius 2 is 1.74 bits per heavy atom. The number of hydrogen-bond acceptors (Lipinski definition) is 7. The summed E-state index contributed by atoms with van der Waals surface area (Å²) in [4.78, 5) is 16.7. The standard InChI is InChI=1S/C35H47N4O4/c1-9-39(18-10-12-26(40)13-11-19-41-7)31-23-32(42-8)29(22-30(31)36-2)35-27-16-14-24(37(3)4)20-33(27)43-34-21-25(38(5)6)15-17-28(34)35/h14-17,20-23,36H,9-13,18-19H2,1-8H3/q+1. The minimum atomic E-state index is 0.290. The number of nitrogens with zero attached hydrogens (tertiary/aromatic N) is 3. The van der Waals surface area contributed by atoms with Crippen LogP contribution in [0.15, 0.2) is 52.9 Å². The third-order valence-electron chi connectivity index (χ3n) is 7.99. The molecule has 1 N–H and O–H groups in total. The molecule has 2 aromatic rings. The summed E-state index contributed by atoms with van der Waals surface area (Å²) in [6.07, 6.45) is 2.71. The second kappa shape index (κ2) is 14.4. The Bertz CT molecular complexity index is 1600. The first-order valence-electron chi connectivity index (χ1n) is 15.1. The van der Waals surface area contributed by atoms with E-state index in [1.54, 1.807) is 14.2 Å². The van der Waals surface area contributed by atoms with E-state index in [-0.39, 0.29) is 5.78 Å². The fourth-order valence-electron chi connectivity index (χ4n) is 5.56. The fourth-order valence-corrected chi connectivity index (χ4v) is 5.56. The van der Waals surface area contributed by atoms with Gasteiger partial charge in [0.05, 0.1) is 24.6 Å². The second-order valence-corrected chi connectivity index (χ2v) is 11.3. The molecule has 43 heavy (non-hydrogen) atoms. The third-order valence-corrected chi connectivity index (χ3v) is 7.99. The van der Waals surface area contributed by atoms with Crippen LogP contribution in [0.2, 0.25) is 0 Å². The number of rotatable bonds is 14. The first kappa shape index (κ1) is 31.9. The molecule has 4 rings (SSSR count). The Balaban J connectivity index is 1.83. The Morgan fingerprint density at radius 3 is 2.40 bits per heavy atom. The highest BCUT2D eigenvalue weighted by molar-refractivity contribution is 6.05. The predicted octanol–water partition coefficient (Wildman–Crippen LogP) is 5.95. The molecule has 0 amide bonds. The summed E-state index contributed by atoms with van der Waals surface area (Å²) in [7, 11) is 13.5. The van der Waals surface area contributed by atoms with Gasteiger partial charge in [-0.1, -0.05) is 0 Å². The van der Waals surface area contributed by atoms with Crippen LogP contribution in [0.25, 0.3) is 33.4 Å². The lowest BCUT2D eigenvalue weighted by atomic mass is 9.92. The van der Waals surface area contributed by atoms with Gasteiger partial charge in [-0.25, -0.2) is 4.58 Å². The number of methoxy groups -OCH3 is 2. The van der Waals surface area contributed by atoms with Crippen molar-refractivity contribution in [2.75, 3.05) is 84.3 Å². The summed E-state index contributed by atoms with van der Waals surface area (Å²) in [5.41, 5.74) is 7.00. The lowest BCUT2D eigenvalue weighted by Gasteiger charge is -2.28.